The van der Waals surface area contributed by atoms with Gasteiger partial charge in [-0.1, -0.05) is 55.5 Å². The molecule has 1 saturated heterocycles. The molecule has 0 bridgehead atoms. The number of hydrogen-bond donors (Lipinski definition) is 1. The van der Waals surface area contributed by atoms with Crippen LogP contribution in [0.4, 0.5) is 4.79 Å². The Balaban J connectivity index is 1.52. The Bertz CT molecular complexity index is 833. The fourth-order valence-electron chi connectivity index (χ4n) is 4.27. The second-order valence-electron chi connectivity index (χ2n) is 7.48. The smallest absolute Gasteiger partial charge is 0.410 e. The summed E-state index contributed by atoms with van der Waals surface area (Å²) in [6.45, 7) is 2.66. The maximum Gasteiger partial charge on any atom is 0.410 e. The minimum Gasteiger partial charge on any atom is -0.480 e. The van der Waals surface area contributed by atoms with Gasteiger partial charge in [-0.3, -0.25) is 4.90 Å². The lowest BCUT2D eigenvalue weighted by Gasteiger charge is -2.35. The Labute approximate surface area is 158 Å². The van der Waals surface area contributed by atoms with Crippen molar-refractivity contribution in [3.05, 3.63) is 59.7 Å². The Morgan fingerprint density at radius 3 is 2.26 bits per heavy atom. The molecule has 4 rings (SSSR count). The molecule has 5 nitrogen and oxygen atoms in total. The number of hydrogen-bond acceptors (Lipinski definition) is 3. The van der Waals surface area contributed by atoms with Crippen molar-refractivity contribution in [3.8, 4) is 11.1 Å². The zero-order valence-corrected chi connectivity index (χ0v) is 15.3. The minimum atomic E-state index is -0.963. The number of carbonyl (C=O) groups excluding carboxylic acids is 1. The Kier molecular flexibility index (Phi) is 4.60. The normalized spacial score (nSPS) is 21.4. The molecule has 1 fully saturated rings. The van der Waals surface area contributed by atoms with E-state index in [1.165, 1.54) is 16.0 Å². The monoisotopic (exact) mass is 365 g/mol. The van der Waals surface area contributed by atoms with Crippen LogP contribution in [-0.4, -0.2) is 41.3 Å². The summed E-state index contributed by atoms with van der Waals surface area (Å²) in [6.07, 6.45) is 0.740. The van der Waals surface area contributed by atoms with E-state index in [0.717, 1.165) is 17.5 Å². The Morgan fingerprint density at radius 2 is 1.67 bits per heavy atom. The van der Waals surface area contributed by atoms with Gasteiger partial charge in [0.1, 0.15) is 12.6 Å². The number of ether oxygens (including phenoxy) is 1. The highest BCUT2D eigenvalue weighted by molar-refractivity contribution is 5.81. The number of likely N-dealkylation sites (tertiary alicyclic amines) is 1. The summed E-state index contributed by atoms with van der Waals surface area (Å²) in [4.78, 5) is 25.6. The van der Waals surface area contributed by atoms with Crippen LogP contribution in [0.2, 0.25) is 0 Å². The molecule has 1 N–H and O–H groups in total. The molecule has 1 aliphatic carbocycles. The van der Waals surface area contributed by atoms with Crippen molar-refractivity contribution in [1.82, 2.24) is 4.90 Å². The van der Waals surface area contributed by atoms with Gasteiger partial charge in [-0.05, 0) is 41.0 Å². The number of fused-ring (bicyclic) bond motifs is 3. The third-order valence-electron chi connectivity index (χ3n) is 5.72. The summed E-state index contributed by atoms with van der Waals surface area (Å²) in [6, 6.07) is 15.5. The number of amides is 1. The average molecular weight is 365 g/mol. The SMILES string of the molecule is C[C@H]1CCN(C(=O)OCC2c3ccccc3-c3ccccc32)[C@H](C(=O)O)C1. The number of rotatable bonds is 3. The van der Waals surface area contributed by atoms with Crippen LogP contribution in [0.1, 0.15) is 36.8 Å². The lowest BCUT2D eigenvalue weighted by atomic mass is 9.93. The molecule has 2 aromatic rings. The molecule has 2 aromatic carbocycles. The van der Waals surface area contributed by atoms with Gasteiger partial charge in [-0.25, -0.2) is 9.59 Å². The fourth-order valence-corrected chi connectivity index (χ4v) is 4.27. The predicted molar refractivity (Wildman–Crippen MR) is 102 cm³/mol. The van der Waals surface area contributed by atoms with Gasteiger partial charge in [0.25, 0.3) is 0 Å². The molecule has 27 heavy (non-hydrogen) atoms. The number of benzene rings is 2. The lowest BCUT2D eigenvalue weighted by Crippen LogP contribution is -2.50. The first-order chi connectivity index (χ1) is 13.1. The van der Waals surface area contributed by atoms with Gasteiger partial charge in [-0.2, -0.15) is 0 Å². The highest BCUT2D eigenvalue weighted by Crippen LogP contribution is 2.44. The van der Waals surface area contributed by atoms with E-state index >= 15 is 0 Å². The van der Waals surface area contributed by atoms with Gasteiger partial charge in [0.05, 0.1) is 0 Å². The van der Waals surface area contributed by atoms with Crippen molar-refractivity contribution < 1.29 is 19.4 Å². The number of carbonyl (C=O) groups is 2. The molecule has 0 radical (unpaired) electrons. The van der Waals surface area contributed by atoms with Gasteiger partial charge >= 0.3 is 12.1 Å². The first-order valence-corrected chi connectivity index (χ1v) is 9.40. The molecule has 0 saturated carbocycles. The molecule has 0 spiro atoms. The molecule has 140 valence electrons. The van der Waals surface area contributed by atoms with Crippen LogP contribution in [0.3, 0.4) is 0 Å². The third kappa shape index (κ3) is 3.18. The Hall–Kier alpha value is -2.82. The summed E-state index contributed by atoms with van der Waals surface area (Å²) in [5.74, 6) is -0.688. The van der Waals surface area contributed by atoms with Crippen molar-refractivity contribution in [2.24, 2.45) is 5.92 Å². The molecule has 2 atom stereocenters. The molecule has 0 unspecified atom stereocenters. The summed E-state index contributed by atoms with van der Waals surface area (Å²) in [7, 11) is 0. The summed E-state index contributed by atoms with van der Waals surface area (Å²) in [5, 5.41) is 9.47. The molecule has 5 heteroatoms. The predicted octanol–water partition coefficient (Wildman–Crippen LogP) is 4.12. The van der Waals surface area contributed by atoms with Gasteiger partial charge in [0.15, 0.2) is 0 Å². The van der Waals surface area contributed by atoms with Crippen molar-refractivity contribution in [3.63, 3.8) is 0 Å². The highest BCUT2D eigenvalue weighted by atomic mass is 16.6. The zero-order chi connectivity index (χ0) is 19.0. The highest BCUT2D eigenvalue weighted by Gasteiger charge is 2.36. The van der Waals surface area contributed by atoms with Crippen LogP contribution in [0, 0.1) is 5.92 Å². The molecule has 1 aliphatic heterocycles. The van der Waals surface area contributed by atoms with Crippen molar-refractivity contribution in [1.29, 1.82) is 0 Å². The van der Waals surface area contributed by atoms with E-state index in [0.29, 0.717) is 18.9 Å². The number of nitrogens with zero attached hydrogens (tertiary/aromatic N) is 1. The molecular formula is C22H23NO4. The lowest BCUT2D eigenvalue weighted by molar-refractivity contribution is -0.144. The first kappa shape index (κ1) is 17.6. The second-order valence-corrected chi connectivity index (χ2v) is 7.48. The van der Waals surface area contributed by atoms with E-state index in [4.69, 9.17) is 4.74 Å². The molecule has 0 aromatic heterocycles. The van der Waals surface area contributed by atoms with Crippen molar-refractivity contribution in [2.45, 2.75) is 31.7 Å². The van der Waals surface area contributed by atoms with Gasteiger partial charge < -0.3 is 9.84 Å². The zero-order valence-electron chi connectivity index (χ0n) is 15.3. The van der Waals surface area contributed by atoms with E-state index in [1.54, 1.807) is 0 Å². The largest absolute Gasteiger partial charge is 0.480 e. The molecule has 2 aliphatic rings. The minimum absolute atomic E-state index is 0.0201. The summed E-state index contributed by atoms with van der Waals surface area (Å²) >= 11 is 0. The second kappa shape index (κ2) is 7.06. The van der Waals surface area contributed by atoms with Crippen molar-refractivity contribution in [2.75, 3.05) is 13.2 Å². The van der Waals surface area contributed by atoms with E-state index in [-0.39, 0.29) is 12.5 Å². The van der Waals surface area contributed by atoms with Gasteiger partial charge in [-0.15, -0.1) is 0 Å². The van der Waals surface area contributed by atoms with Crippen LogP contribution in [0.5, 0.6) is 0 Å². The summed E-state index contributed by atoms with van der Waals surface area (Å²) < 4.78 is 5.62. The van der Waals surface area contributed by atoms with Gasteiger partial charge in [0.2, 0.25) is 0 Å². The first-order valence-electron chi connectivity index (χ1n) is 9.40. The van der Waals surface area contributed by atoms with Crippen LogP contribution in [0.15, 0.2) is 48.5 Å². The van der Waals surface area contributed by atoms with Crippen LogP contribution in [0.25, 0.3) is 11.1 Å². The number of piperidine rings is 1. The Morgan fingerprint density at radius 1 is 1.07 bits per heavy atom. The van der Waals surface area contributed by atoms with E-state index in [9.17, 15) is 14.7 Å². The fraction of sp³-hybridized carbons (Fsp3) is 0.364. The maximum absolute atomic E-state index is 12.6. The van der Waals surface area contributed by atoms with E-state index in [2.05, 4.69) is 24.3 Å². The maximum atomic E-state index is 12.6. The third-order valence-corrected chi connectivity index (χ3v) is 5.72. The molecular weight excluding hydrogens is 342 g/mol. The molecule has 1 amide bonds. The number of carboxylic acid groups (broad SMARTS) is 1. The van der Waals surface area contributed by atoms with Crippen LogP contribution >= 0.6 is 0 Å². The van der Waals surface area contributed by atoms with Crippen molar-refractivity contribution >= 4 is 12.1 Å². The number of aliphatic carboxylic acids is 1. The average Bonchev–Trinajstić information content (AvgIpc) is 3.00. The van der Waals surface area contributed by atoms with Crippen LogP contribution < -0.4 is 0 Å². The number of carboxylic acids is 1. The summed E-state index contributed by atoms with van der Waals surface area (Å²) in [5.41, 5.74) is 4.64. The van der Waals surface area contributed by atoms with E-state index in [1.807, 2.05) is 31.2 Å². The quantitative estimate of drug-likeness (QED) is 0.888. The molecule has 1 heterocycles. The van der Waals surface area contributed by atoms with Crippen LogP contribution in [-0.2, 0) is 9.53 Å². The standard InChI is InChI=1S/C22H23NO4/c1-14-10-11-23(20(12-14)21(24)25)22(26)27-13-19-17-8-4-2-6-15(17)16-7-3-5-9-18(16)19/h2-9,14,19-20H,10-13H2,1H3,(H,24,25)/t14-,20-/m0/s1. The van der Waals surface area contributed by atoms with E-state index < -0.39 is 18.1 Å². The topological polar surface area (TPSA) is 66.8 Å². The van der Waals surface area contributed by atoms with Gasteiger partial charge in [0, 0.05) is 12.5 Å².